The number of nitrogens with one attached hydrogen (secondary N) is 1. The van der Waals surface area contributed by atoms with Crippen LogP contribution in [-0.2, 0) is 20.7 Å². The third-order valence-electron chi connectivity index (χ3n) is 3.60. The topological polar surface area (TPSA) is 81.7 Å². The van der Waals surface area contributed by atoms with E-state index in [0.29, 0.717) is 5.56 Å². The molecule has 27 heavy (non-hydrogen) atoms. The van der Waals surface area contributed by atoms with E-state index in [1.807, 2.05) is 30.3 Å². The van der Waals surface area contributed by atoms with Crippen LogP contribution in [0.2, 0.25) is 0 Å². The van der Waals surface area contributed by atoms with E-state index < -0.39 is 11.9 Å². The van der Waals surface area contributed by atoms with Crippen LogP contribution in [0.25, 0.3) is 0 Å². The first-order valence-corrected chi connectivity index (χ1v) is 9.21. The third-order valence-corrected chi connectivity index (χ3v) is 4.79. The van der Waals surface area contributed by atoms with Crippen molar-refractivity contribution in [2.75, 3.05) is 18.5 Å². The van der Waals surface area contributed by atoms with Crippen LogP contribution in [0.1, 0.15) is 38.1 Å². The van der Waals surface area contributed by atoms with Gasteiger partial charge in [-0.3, -0.25) is 4.79 Å². The van der Waals surface area contributed by atoms with Crippen molar-refractivity contribution < 1.29 is 23.9 Å². The van der Waals surface area contributed by atoms with Crippen molar-refractivity contribution in [2.24, 2.45) is 0 Å². The van der Waals surface area contributed by atoms with Crippen LogP contribution < -0.4 is 5.32 Å². The first-order valence-electron chi connectivity index (χ1n) is 8.40. The third kappa shape index (κ3) is 5.27. The zero-order valence-electron chi connectivity index (χ0n) is 15.2. The maximum Gasteiger partial charge on any atom is 0.348 e. The molecule has 0 fully saturated rings. The Morgan fingerprint density at radius 1 is 1.15 bits per heavy atom. The lowest BCUT2D eigenvalue weighted by Gasteiger charge is -2.07. The molecule has 0 saturated heterocycles. The van der Waals surface area contributed by atoms with Crippen molar-refractivity contribution in [2.45, 2.75) is 20.3 Å². The van der Waals surface area contributed by atoms with Gasteiger partial charge in [-0.05, 0) is 25.0 Å². The summed E-state index contributed by atoms with van der Waals surface area (Å²) in [6.07, 6.45) is 1.60. The molecule has 0 radical (unpaired) electrons. The minimum absolute atomic E-state index is 0.0562. The van der Waals surface area contributed by atoms with Gasteiger partial charge >= 0.3 is 11.9 Å². The summed E-state index contributed by atoms with van der Waals surface area (Å²) in [5.74, 6) is -1.46. The van der Waals surface area contributed by atoms with E-state index in [-0.39, 0.29) is 41.0 Å². The zero-order chi connectivity index (χ0) is 19.8. The molecule has 2 rings (SSSR count). The number of amides is 1. The predicted molar refractivity (Wildman–Crippen MR) is 104 cm³/mol. The average molecular weight is 387 g/mol. The lowest BCUT2D eigenvalue weighted by molar-refractivity contribution is -0.115. The average Bonchev–Trinajstić information content (AvgIpc) is 2.96. The Kier molecular flexibility index (Phi) is 7.31. The van der Waals surface area contributed by atoms with Gasteiger partial charge in [0, 0.05) is 0 Å². The molecule has 0 saturated carbocycles. The molecule has 0 aliphatic rings. The highest BCUT2D eigenvalue weighted by atomic mass is 32.1. The summed E-state index contributed by atoms with van der Waals surface area (Å²) >= 11 is 0.996. The summed E-state index contributed by atoms with van der Waals surface area (Å²) < 4.78 is 10.1. The molecule has 0 atom stereocenters. The van der Waals surface area contributed by atoms with Gasteiger partial charge in [-0.15, -0.1) is 11.3 Å². The molecule has 1 aromatic heterocycles. The van der Waals surface area contributed by atoms with Crippen LogP contribution in [-0.4, -0.2) is 31.1 Å². The van der Waals surface area contributed by atoms with Gasteiger partial charge < -0.3 is 14.8 Å². The first-order chi connectivity index (χ1) is 13.0. The number of benzene rings is 1. The molecule has 0 aliphatic carbocycles. The number of thiophene rings is 1. The highest BCUT2D eigenvalue weighted by Crippen LogP contribution is 2.34. The number of rotatable bonds is 8. The number of ether oxygens (including phenoxy) is 2. The van der Waals surface area contributed by atoms with E-state index >= 15 is 0 Å². The van der Waals surface area contributed by atoms with Gasteiger partial charge in [-0.2, -0.15) is 0 Å². The summed E-state index contributed by atoms with van der Waals surface area (Å²) in [6, 6.07) is 9.22. The smallest absolute Gasteiger partial charge is 0.348 e. The van der Waals surface area contributed by atoms with E-state index in [1.165, 1.54) is 6.08 Å². The molecule has 1 amide bonds. The van der Waals surface area contributed by atoms with Gasteiger partial charge in [0.2, 0.25) is 5.91 Å². The van der Waals surface area contributed by atoms with Crippen molar-refractivity contribution in [1.82, 2.24) is 0 Å². The van der Waals surface area contributed by atoms with Crippen LogP contribution in [0.5, 0.6) is 0 Å². The van der Waals surface area contributed by atoms with Crippen LogP contribution in [0.15, 0.2) is 43.0 Å². The number of carbonyl (C=O) groups excluding carboxylic acids is 3. The maximum absolute atomic E-state index is 12.4. The number of anilines is 1. The number of hydrogen-bond acceptors (Lipinski definition) is 6. The molecular formula is C20H21NO5S. The van der Waals surface area contributed by atoms with Crippen molar-refractivity contribution in [3.8, 4) is 0 Å². The lowest BCUT2D eigenvalue weighted by Crippen LogP contribution is -2.16. The highest BCUT2D eigenvalue weighted by Gasteiger charge is 2.27. The monoisotopic (exact) mass is 387 g/mol. The predicted octanol–water partition coefficient (Wildman–Crippen LogP) is 3.76. The summed E-state index contributed by atoms with van der Waals surface area (Å²) in [5, 5.41) is 3.00. The second-order valence-electron chi connectivity index (χ2n) is 5.58. The Hall–Kier alpha value is -2.93. The standard InChI is InChI=1S/C20H21NO5S/c1-4-11-26-20(24)17-13(3)16(19(23)25-5-2)18(27-17)21-15(22)12-14-9-7-6-8-10-14/h4,6-10H,1,5,11-12H2,2-3H3,(H,21,22). The van der Waals surface area contributed by atoms with Gasteiger partial charge in [-0.1, -0.05) is 43.0 Å². The quantitative estimate of drug-likeness (QED) is 0.551. The fourth-order valence-electron chi connectivity index (χ4n) is 2.40. The number of esters is 2. The van der Waals surface area contributed by atoms with Crippen LogP contribution in [0, 0.1) is 6.92 Å². The van der Waals surface area contributed by atoms with E-state index in [0.717, 1.165) is 16.9 Å². The molecule has 7 heteroatoms. The van der Waals surface area contributed by atoms with Gasteiger partial charge in [0.05, 0.1) is 18.6 Å². The Morgan fingerprint density at radius 3 is 2.48 bits per heavy atom. The second-order valence-corrected chi connectivity index (χ2v) is 6.60. The van der Waals surface area contributed by atoms with Crippen molar-refractivity contribution >= 4 is 34.2 Å². The minimum Gasteiger partial charge on any atom is -0.462 e. The second kappa shape index (κ2) is 9.68. The first kappa shape index (κ1) is 20.4. The molecule has 0 unspecified atom stereocenters. The fourth-order valence-corrected chi connectivity index (χ4v) is 3.50. The molecule has 1 aromatic carbocycles. The van der Waals surface area contributed by atoms with E-state index in [1.54, 1.807) is 13.8 Å². The van der Waals surface area contributed by atoms with Gasteiger partial charge in [0.1, 0.15) is 16.5 Å². The van der Waals surface area contributed by atoms with E-state index in [4.69, 9.17) is 9.47 Å². The number of carbonyl (C=O) groups is 3. The molecule has 142 valence electrons. The van der Waals surface area contributed by atoms with Crippen molar-refractivity contribution in [3.63, 3.8) is 0 Å². The molecule has 0 spiro atoms. The van der Waals surface area contributed by atoms with Crippen LogP contribution >= 0.6 is 11.3 Å². The Balaban J connectivity index is 2.29. The largest absolute Gasteiger partial charge is 0.462 e. The summed E-state index contributed by atoms with van der Waals surface area (Å²) in [7, 11) is 0. The maximum atomic E-state index is 12.4. The normalized spacial score (nSPS) is 10.1. The Morgan fingerprint density at radius 2 is 1.85 bits per heavy atom. The van der Waals surface area contributed by atoms with Gasteiger partial charge in [0.25, 0.3) is 0 Å². The van der Waals surface area contributed by atoms with Crippen molar-refractivity contribution in [1.29, 1.82) is 0 Å². The molecular weight excluding hydrogens is 366 g/mol. The summed E-state index contributed by atoms with van der Waals surface area (Å²) in [6.45, 7) is 7.05. The molecule has 0 aliphatic heterocycles. The summed E-state index contributed by atoms with van der Waals surface area (Å²) in [5.41, 5.74) is 1.43. The lowest BCUT2D eigenvalue weighted by atomic mass is 10.1. The van der Waals surface area contributed by atoms with E-state index in [9.17, 15) is 14.4 Å². The van der Waals surface area contributed by atoms with Crippen molar-refractivity contribution in [3.05, 3.63) is 64.6 Å². The Bertz CT molecular complexity index is 842. The molecule has 1 heterocycles. The zero-order valence-corrected chi connectivity index (χ0v) is 16.1. The van der Waals surface area contributed by atoms with Crippen LogP contribution in [0.4, 0.5) is 5.00 Å². The van der Waals surface area contributed by atoms with Crippen LogP contribution in [0.3, 0.4) is 0 Å². The molecule has 2 aromatic rings. The minimum atomic E-state index is -0.593. The SMILES string of the molecule is C=CCOC(=O)c1sc(NC(=O)Cc2ccccc2)c(C(=O)OCC)c1C. The molecule has 6 nitrogen and oxygen atoms in total. The van der Waals surface area contributed by atoms with E-state index in [2.05, 4.69) is 11.9 Å². The number of hydrogen-bond donors (Lipinski definition) is 1. The molecule has 1 N–H and O–H groups in total. The van der Waals surface area contributed by atoms with Gasteiger partial charge in [0.15, 0.2) is 0 Å². The van der Waals surface area contributed by atoms with Gasteiger partial charge in [-0.25, -0.2) is 9.59 Å². The summed E-state index contributed by atoms with van der Waals surface area (Å²) in [4.78, 5) is 37.2. The highest BCUT2D eigenvalue weighted by molar-refractivity contribution is 7.18. The molecule has 0 bridgehead atoms. The Labute approximate surface area is 161 Å². The fraction of sp³-hybridized carbons (Fsp3) is 0.250.